The number of H-pyrrole nitrogens is 1. The lowest BCUT2D eigenvalue weighted by molar-refractivity contribution is -0.385. The predicted molar refractivity (Wildman–Crippen MR) is 80.6 cm³/mol. The van der Waals surface area contributed by atoms with Crippen molar-refractivity contribution >= 4 is 21.6 Å². The first kappa shape index (κ1) is 17.1. The molecule has 1 aliphatic heterocycles. The molecule has 2 N–H and O–H groups in total. The Balaban J connectivity index is 2.22. The molecule has 23 heavy (non-hydrogen) atoms. The zero-order valence-corrected chi connectivity index (χ0v) is 13.1. The topological polar surface area (TPSA) is 142 Å². The average Bonchev–Trinajstić information content (AvgIpc) is 2.97. The Morgan fingerprint density at radius 2 is 2.26 bits per heavy atom. The molecule has 0 saturated carbocycles. The molecule has 2 heterocycles. The van der Waals surface area contributed by atoms with Crippen LogP contribution in [0, 0.1) is 10.1 Å². The van der Waals surface area contributed by atoms with Gasteiger partial charge >= 0.3 is 0 Å². The van der Waals surface area contributed by atoms with E-state index in [4.69, 9.17) is 0 Å². The van der Waals surface area contributed by atoms with Crippen molar-refractivity contribution in [1.29, 1.82) is 0 Å². The van der Waals surface area contributed by atoms with Gasteiger partial charge in [-0.2, -0.15) is 0 Å². The van der Waals surface area contributed by atoms with Gasteiger partial charge in [-0.25, -0.2) is 13.1 Å². The number of pyridine rings is 1. The Morgan fingerprint density at radius 1 is 1.57 bits per heavy atom. The van der Waals surface area contributed by atoms with E-state index >= 15 is 0 Å². The summed E-state index contributed by atoms with van der Waals surface area (Å²) in [6.07, 6.45) is 1.15. The molecule has 0 aliphatic carbocycles. The molecular weight excluding hydrogens is 328 g/mol. The summed E-state index contributed by atoms with van der Waals surface area (Å²) in [4.78, 5) is 37.4. The minimum atomic E-state index is -3.53. The van der Waals surface area contributed by atoms with Gasteiger partial charge in [-0.05, 0) is 6.42 Å². The zero-order chi connectivity index (χ0) is 17.2. The van der Waals surface area contributed by atoms with Crippen LogP contribution in [0.3, 0.4) is 0 Å². The van der Waals surface area contributed by atoms with E-state index in [0.717, 1.165) is 12.3 Å². The monoisotopic (exact) mass is 344 g/mol. The normalized spacial score (nSPS) is 18.1. The fourth-order valence-electron chi connectivity index (χ4n) is 2.39. The van der Waals surface area contributed by atoms with E-state index in [0.29, 0.717) is 0 Å². The number of amides is 1. The Labute approximate surface area is 131 Å². The van der Waals surface area contributed by atoms with Crippen molar-refractivity contribution in [2.45, 2.75) is 18.6 Å². The molecule has 126 valence electrons. The summed E-state index contributed by atoms with van der Waals surface area (Å²) in [5.41, 5.74) is -1.54. The molecule has 11 heteroatoms. The fourth-order valence-corrected chi connectivity index (χ4v) is 3.82. The van der Waals surface area contributed by atoms with Crippen LogP contribution in [-0.2, 0) is 10.0 Å². The van der Waals surface area contributed by atoms with Gasteiger partial charge in [-0.1, -0.05) is 6.92 Å². The molecule has 1 aliphatic rings. The number of aromatic nitrogens is 1. The summed E-state index contributed by atoms with van der Waals surface area (Å²) in [7, 11) is -3.53. The highest BCUT2D eigenvalue weighted by atomic mass is 32.2. The van der Waals surface area contributed by atoms with E-state index in [-0.39, 0.29) is 31.6 Å². The third kappa shape index (κ3) is 3.56. The lowest BCUT2D eigenvalue weighted by Gasteiger charge is -2.16. The van der Waals surface area contributed by atoms with Crippen LogP contribution >= 0.6 is 0 Å². The molecule has 1 fully saturated rings. The summed E-state index contributed by atoms with van der Waals surface area (Å²) in [6, 6.07) is 0.896. The first-order chi connectivity index (χ1) is 10.8. The molecule has 1 saturated heterocycles. The van der Waals surface area contributed by atoms with E-state index in [1.54, 1.807) is 6.92 Å². The predicted octanol–water partition coefficient (Wildman–Crippen LogP) is -0.563. The number of likely N-dealkylation sites (tertiary alicyclic amines) is 1. The van der Waals surface area contributed by atoms with Crippen molar-refractivity contribution < 1.29 is 18.1 Å². The molecule has 1 aromatic rings. The molecule has 0 radical (unpaired) electrons. The number of rotatable bonds is 5. The number of nitrogens with zero attached hydrogens (tertiary/aromatic N) is 2. The van der Waals surface area contributed by atoms with Crippen molar-refractivity contribution in [3.63, 3.8) is 0 Å². The Morgan fingerprint density at radius 3 is 2.87 bits per heavy atom. The number of nitro groups is 1. The van der Waals surface area contributed by atoms with Crippen molar-refractivity contribution in [1.82, 2.24) is 14.6 Å². The summed E-state index contributed by atoms with van der Waals surface area (Å²) in [5, 5.41) is 9.97. The van der Waals surface area contributed by atoms with E-state index in [1.807, 2.05) is 0 Å². The van der Waals surface area contributed by atoms with Crippen LogP contribution in [0.4, 0.5) is 5.69 Å². The SMILES string of the molecule is CCNS(=O)(=O)C1CCN(C(=O)c2cc([N+](=O)[O-])c[nH]c2=O)C1. The number of carbonyl (C=O) groups is 1. The van der Waals surface area contributed by atoms with Gasteiger partial charge in [0.05, 0.1) is 16.4 Å². The van der Waals surface area contributed by atoms with Crippen LogP contribution in [0.15, 0.2) is 17.1 Å². The Kier molecular flexibility index (Phi) is 4.80. The van der Waals surface area contributed by atoms with Gasteiger partial charge in [0.2, 0.25) is 10.0 Å². The highest BCUT2D eigenvalue weighted by Gasteiger charge is 2.36. The van der Waals surface area contributed by atoms with Gasteiger partial charge in [-0.3, -0.25) is 19.7 Å². The number of hydrogen-bond acceptors (Lipinski definition) is 6. The van der Waals surface area contributed by atoms with Gasteiger partial charge in [0.1, 0.15) is 5.56 Å². The van der Waals surface area contributed by atoms with Crippen LogP contribution in [0.1, 0.15) is 23.7 Å². The molecule has 2 rings (SSSR count). The third-order valence-electron chi connectivity index (χ3n) is 3.55. The van der Waals surface area contributed by atoms with Crippen LogP contribution in [0.5, 0.6) is 0 Å². The lowest BCUT2D eigenvalue weighted by Crippen LogP contribution is -2.38. The number of carbonyl (C=O) groups excluding carboxylic acids is 1. The quantitative estimate of drug-likeness (QED) is 0.541. The maximum absolute atomic E-state index is 12.3. The first-order valence-corrected chi connectivity index (χ1v) is 8.45. The summed E-state index contributed by atoms with van der Waals surface area (Å²) < 4.78 is 26.3. The molecule has 1 unspecified atom stereocenters. The number of nitrogens with one attached hydrogen (secondary N) is 2. The Hall–Kier alpha value is -2.27. The second kappa shape index (κ2) is 6.46. The largest absolute Gasteiger partial charge is 0.337 e. The summed E-state index contributed by atoms with van der Waals surface area (Å²) >= 11 is 0. The van der Waals surface area contributed by atoms with E-state index in [1.165, 1.54) is 4.90 Å². The van der Waals surface area contributed by atoms with Crippen molar-refractivity contribution in [3.05, 3.63) is 38.3 Å². The third-order valence-corrected chi connectivity index (χ3v) is 5.50. The molecule has 1 amide bonds. The molecule has 0 bridgehead atoms. The zero-order valence-electron chi connectivity index (χ0n) is 12.3. The van der Waals surface area contributed by atoms with E-state index in [2.05, 4.69) is 9.71 Å². The van der Waals surface area contributed by atoms with Crippen molar-refractivity contribution in [2.24, 2.45) is 0 Å². The van der Waals surface area contributed by atoms with E-state index in [9.17, 15) is 28.1 Å². The minimum Gasteiger partial charge on any atom is -0.337 e. The van der Waals surface area contributed by atoms with Gasteiger partial charge in [-0.15, -0.1) is 0 Å². The van der Waals surface area contributed by atoms with Gasteiger partial charge in [0.15, 0.2) is 0 Å². The maximum Gasteiger partial charge on any atom is 0.286 e. The lowest BCUT2D eigenvalue weighted by atomic mass is 10.2. The van der Waals surface area contributed by atoms with Gasteiger partial charge in [0.25, 0.3) is 17.2 Å². The van der Waals surface area contributed by atoms with Crippen LogP contribution < -0.4 is 10.3 Å². The molecule has 1 atom stereocenters. The standard InChI is InChI=1S/C12H16N4O6S/c1-2-14-23(21,22)9-3-4-15(7-9)12(18)10-5-8(16(19)20)6-13-11(10)17/h5-6,9,14H,2-4,7H2,1H3,(H,13,17). The van der Waals surface area contributed by atoms with E-state index < -0.39 is 37.4 Å². The first-order valence-electron chi connectivity index (χ1n) is 6.91. The molecule has 10 nitrogen and oxygen atoms in total. The van der Waals surface area contributed by atoms with Crippen molar-refractivity contribution in [3.8, 4) is 0 Å². The highest BCUT2D eigenvalue weighted by Crippen LogP contribution is 2.19. The molecule has 0 aromatic carbocycles. The number of hydrogen-bond donors (Lipinski definition) is 2. The molecule has 0 spiro atoms. The highest BCUT2D eigenvalue weighted by molar-refractivity contribution is 7.90. The van der Waals surface area contributed by atoms with Gasteiger partial charge in [0, 0.05) is 25.7 Å². The second-order valence-electron chi connectivity index (χ2n) is 5.06. The number of sulfonamides is 1. The van der Waals surface area contributed by atoms with Crippen LogP contribution in [0.25, 0.3) is 0 Å². The summed E-state index contributed by atoms with van der Waals surface area (Å²) in [6.45, 7) is 2.00. The fraction of sp³-hybridized carbons (Fsp3) is 0.500. The van der Waals surface area contributed by atoms with Crippen LogP contribution in [0.2, 0.25) is 0 Å². The maximum atomic E-state index is 12.3. The molecule has 1 aromatic heterocycles. The van der Waals surface area contributed by atoms with Gasteiger partial charge < -0.3 is 9.88 Å². The van der Waals surface area contributed by atoms with Crippen molar-refractivity contribution in [2.75, 3.05) is 19.6 Å². The second-order valence-corrected chi connectivity index (χ2v) is 7.11. The Bertz CT molecular complexity index is 787. The smallest absolute Gasteiger partial charge is 0.286 e. The van der Waals surface area contributed by atoms with Crippen LogP contribution in [-0.4, -0.2) is 54.0 Å². The minimum absolute atomic E-state index is 0.0592. The molecular formula is C12H16N4O6S. The average molecular weight is 344 g/mol. The number of aromatic amines is 1. The summed E-state index contributed by atoms with van der Waals surface area (Å²) in [5.74, 6) is -0.718.